The summed E-state index contributed by atoms with van der Waals surface area (Å²) in [4.78, 5) is 1.99. The number of ether oxygens (including phenoxy) is 1. The number of aromatic nitrogens is 3. The van der Waals surface area contributed by atoms with Crippen molar-refractivity contribution in [3.05, 3.63) is 47.8 Å². The van der Waals surface area contributed by atoms with Gasteiger partial charge in [-0.2, -0.15) is 0 Å². The van der Waals surface area contributed by atoms with Crippen LogP contribution < -0.4 is 0 Å². The molecule has 0 unspecified atom stereocenters. The van der Waals surface area contributed by atoms with Gasteiger partial charge in [-0.1, -0.05) is 11.3 Å². The van der Waals surface area contributed by atoms with Crippen molar-refractivity contribution >= 4 is 0 Å². The SMILES string of the molecule is Fc1cccc(F)c1CN1CCO[C@@H](Cn2ccnn2)C1. The first-order valence-electron chi connectivity index (χ1n) is 6.83. The summed E-state index contributed by atoms with van der Waals surface area (Å²) < 4.78 is 34.7. The molecular formula is C14H16F2N4O. The van der Waals surface area contributed by atoms with Gasteiger partial charge in [0, 0.05) is 31.4 Å². The number of rotatable bonds is 4. The van der Waals surface area contributed by atoms with Crippen LogP contribution in [0.4, 0.5) is 8.78 Å². The molecule has 5 nitrogen and oxygen atoms in total. The van der Waals surface area contributed by atoms with E-state index in [9.17, 15) is 8.78 Å². The van der Waals surface area contributed by atoms with Crippen molar-refractivity contribution in [3.8, 4) is 0 Å². The van der Waals surface area contributed by atoms with Gasteiger partial charge in [0.15, 0.2) is 0 Å². The Balaban J connectivity index is 1.63. The van der Waals surface area contributed by atoms with E-state index in [1.54, 1.807) is 17.1 Å². The van der Waals surface area contributed by atoms with Crippen molar-refractivity contribution in [1.29, 1.82) is 0 Å². The lowest BCUT2D eigenvalue weighted by atomic mass is 10.1. The predicted molar refractivity (Wildman–Crippen MR) is 71.4 cm³/mol. The third-order valence-electron chi connectivity index (χ3n) is 3.53. The van der Waals surface area contributed by atoms with Gasteiger partial charge in [-0.3, -0.25) is 4.90 Å². The first-order chi connectivity index (χ1) is 10.2. The first kappa shape index (κ1) is 14.1. The molecule has 0 spiro atoms. The molecule has 0 N–H and O–H groups in total. The maximum absolute atomic E-state index is 13.7. The Kier molecular flexibility index (Phi) is 4.21. The van der Waals surface area contributed by atoms with Gasteiger partial charge < -0.3 is 4.74 Å². The van der Waals surface area contributed by atoms with E-state index in [2.05, 4.69) is 10.3 Å². The summed E-state index contributed by atoms with van der Waals surface area (Å²) in [5, 5.41) is 7.64. The highest BCUT2D eigenvalue weighted by Gasteiger charge is 2.23. The third kappa shape index (κ3) is 3.43. The summed E-state index contributed by atoms with van der Waals surface area (Å²) in [6.07, 6.45) is 3.31. The van der Waals surface area contributed by atoms with E-state index in [-0.39, 0.29) is 18.2 Å². The molecule has 3 rings (SSSR count). The van der Waals surface area contributed by atoms with Crippen molar-refractivity contribution < 1.29 is 13.5 Å². The topological polar surface area (TPSA) is 43.2 Å². The number of hydrogen-bond acceptors (Lipinski definition) is 4. The average Bonchev–Trinajstić information content (AvgIpc) is 2.96. The van der Waals surface area contributed by atoms with Gasteiger partial charge in [0.25, 0.3) is 0 Å². The Morgan fingerprint density at radius 3 is 2.81 bits per heavy atom. The standard InChI is InChI=1S/C14H16F2N4O/c15-13-2-1-3-14(16)12(13)10-19-6-7-21-11(8-19)9-20-5-4-17-18-20/h1-5,11H,6-10H2/t11-/m1/s1. The monoisotopic (exact) mass is 294 g/mol. The average molecular weight is 294 g/mol. The molecule has 112 valence electrons. The highest BCUT2D eigenvalue weighted by atomic mass is 19.1. The summed E-state index contributed by atoms with van der Waals surface area (Å²) in [6.45, 7) is 2.62. The molecule has 0 aliphatic carbocycles. The zero-order valence-electron chi connectivity index (χ0n) is 11.5. The second kappa shape index (κ2) is 6.28. The Hall–Kier alpha value is -1.86. The number of nitrogens with zero attached hydrogens (tertiary/aromatic N) is 4. The van der Waals surface area contributed by atoms with Gasteiger partial charge in [-0.05, 0) is 12.1 Å². The van der Waals surface area contributed by atoms with Crippen LogP contribution in [-0.2, 0) is 17.8 Å². The molecule has 1 aromatic carbocycles. The lowest BCUT2D eigenvalue weighted by molar-refractivity contribution is -0.0409. The Morgan fingerprint density at radius 2 is 2.10 bits per heavy atom. The fourth-order valence-electron chi connectivity index (χ4n) is 2.48. The van der Waals surface area contributed by atoms with Crippen molar-refractivity contribution in [2.75, 3.05) is 19.7 Å². The summed E-state index contributed by atoms with van der Waals surface area (Å²) in [6, 6.07) is 3.94. The Bertz CT molecular complexity index is 570. The number of morpholine rings is 1. The van der Waals surface area contributed by atoms with E-state index in [4.69, 9.17) is 4.74 Å². The molecule has 1 aliphatic rings. The lowest BCUT2D eigenvalue weighted by Crippen LogP contribution is -2.44. The van der Waals surface area contributed by atoms with Crippen LogP contribution >= 0.6 is 0 Å². The molecular weight excluding hydrogens is 278 g/mol. The van der Waals surface area contributed by atoms with Crippen LogP contribution in [0.5, 0.6) is 0 Å². The van der Waals surface area contributed by atoms with Gasteiger partial charge in [-0.25, -0.2) is 13.5 Å². The maximum Gasteiger partial charge on any atom is 0.130 e. The fraction of sp³-hybridized carbons (Fsp3) is 0.429. The molecule has 1 saturated heterocycles. The predicted octanol–water partition coefficient (Wildman–Crippen LogP) is 1.46. The van der Waals surface area contributed by atoms with Crippen LogP contribution in [0.15, 0.2) is 30.6 Å². The lowest BCUT2D eigenvalue weighted by Gasteiger charge is -2.32. The van der Waals surface area contributed by atoms with Crippen LogP contribution in [0.3, 0.4) is 0 Å². The normalized spacial score (nSPS) is 19.8. The highest BCUT2D eigenvalue weighted by molar-refractivity contribution is 5.19. The van der Waals surface area contributed by atoms with E-state index in [0.29, 0.717) is 26.2 Å². The third-order valence-corrected chi connectivity index (χ3v) is 3.53. The summed E-state index contributed by atoms with van der Waals surface area (Å²) in [7, 11) is 0. The van der Waals surface area contributed by atoms with E-state index >= 15 is 0 Å². The molecule has 0 radical (unpaired) electrons. The molecule has 0 amide bonds. The van der Waals surface area contributed by atoms with Crippen molar-refractivity contribution in [2.24, 2.45) is 0 Å². The highest BCUT2D eigenvalue weighted by Crippen LogP contribution is 2.17. The van der Waals surface area contributed by atoms with Gasteiger partial charge in [0.05, 0.1) is 25.5 Å². The fourth-order valence-corrected chi connectivity index (χ4v) is 2.48. The summed E-state index contributed by atoms with van der Waals surface area (Å²) in [5.74, 6) is -1.01. The number of halogens is 2. The van der Waals surface area contributed by atoms with Crippen molar-refractivity contribution in [2.45, 2.75) is 19.2 Å². The zero-order valence-corrected chi connectivity index (χ0v) is 11.5. The Morgan fingerprint density at radius 1 is 1.29 bits per heavy atom. The van der Waals surface area contributed by atoms with Gasteiger partial charge in [0.1, 0.15) is 11.6 Å². The molecule has 0 bridgehead atoms. The van der Waals surface area contributed by atoms with E-state index in [0.717, 1.165) is 0 Å². The minimum absolute atomic E-state index is 0.0599. The molecule has 1 atom stereocenters. The largest absolute Gasteiger partial charge is 0.374 e. The minimum atomic E-state index is -0.505. The molecule has 0 saturated carbocycles. The number of hydrogen-bond donors (Lipinski definition) is 0. The van der Waals surface area contributed by atoms with Crippen LogP contribution in [0.25, 0.3) is 0 Å². The molecule has 1 aliphatic heterocycles. The second-order valence-corrected chi connectivity index (χ2v) is 5.05. The van der Waals surface area contributed by atoms with Crippen LogP contribution in [-0.4, -0.2) is 45.7 Å². The van der Waals surface area contributed by atoms with Crippen LogP contribution in [0, 0.1) is 11.6 Å². The molecule has 7 heteroatoms. The zero-order chi connectivity index (χ0) is 14.7. The van der Waals surface area contributed by atoms with E-state index in [1.165, 1.54) is 18.2 Å². The number of benzene rings is 1. The quantitative estimate of drug-likeness (QED) is 0.856. The van der Waals surface area contributed by atoms with Crippen LogP contribution in [0.2, 0.25) is 0 Å². The minimum Gasteiger partial charge on any atom is -0.374 e. The van der Waals surface area contributed by atoms with E-state index < -0.39 is 11.6 Å². The Labute approximate surface area is 121 Å². The molecule has 2 heterocycles. The van der Waals surface area contributed by atoms with E-state index in [1.807, 2.05) is 4.90 Å². The molecule has 1 aromatic heterocycles. The molecule has 2 aromatic rings. The van der Waals surface area contributed by atoms with Gasteiger partial charge >= 0.3 is 0 Å². The summed E-state index contributed by atoms with van der Waals surface area (Å²) in [5.41, 5.74) is 0.110. The maximum atomic E-state index is 13.7. The molecule has 21 heavy (non-hydrogen) atoms. The van der Waals surface area contributed by atoms with Gasteiger partial charge in [0.2, 0.25) is 0 Å². The smallest absolute Gasteiger partial charge is 0.130 e. The van der Waals surface area contributed by atoms with Gasteiger partial charge in [-0.15, -0.1) is 5.10 Å². The molecule has 1 fully saturated rings. The van der Waals surface area contributed by atoms with Crippen molar-refractivity contribution in [1.82, 2.24) is 19.9 Å². The van der Waals surface area contributed by atoms with Crippen molar-refractivity contribution in [3.63, 3.8) is 0 Å². The van der Waals surface area contributed by atoms with Crippen LogP contribution in [0.1, 0.15) is 5.56 Å². The summed E-state index contributed by atoms with van der Waals surface area (Å²) >= 11 is 0. The second-order valence-electron chi connectivity index (χ2n) is 5.05. The first-order valence-corrected chi connectivity index (χ1v) is 6.83.